The van der Waals surface area contributed by atoms with Crippen molar-refractivity contribution < 1.29 is 0 Å². The van der Waals surface area contributed by atoms with E-state index in [1.165, 1.54) is 5.56 Å². The van der Waals surface area contributed by atoms with Crippen molar-refractivity contribution in [1.29, 1.82) is 0 Å². The van der Waals surface area contributed by atoms with Gasteiger partial charge in [0.2, 0.25) is 0 Å². The van der Waals surface area contributed by atoms with Crippen LogP contribution in [0.25, 0.3) is 11.3 Å². The lowest BCUT2D eigenvalue weighted by atomic mass is 10.0. The molecule has 1 aromatic heterocycles. The molecule has 0 saturated carbocycles. The molecular formula is C14H17N3. The Bertz CT molecular complexity index is 494. The second kappa shape index (κ2) is 5.46. The van der Waals surface area contributed by atoms with Crippen molar-refractivity contribution in [3.8, 4) is 11.3 Å². The molecule has 1 heterocycles. The van der Waals surface area contributed by atoms with Gasteiger partial charge in [0.1, 0.15) is 0 Å². The Morgan fingerprint density at radius 3 is 2.82 bits per heavy atom. The van der Waals surface area contributed by atoms with Gasteiger partial charge in [0.25, 0.3) is 0 Å². The minimum atomic E-state index is 0.744. The molecule has 2 rings (SSSR count). The molecule has 88 valence electrons. The van der Waals surface area contributed by atoms with Crippen molar-refractivity contribution in [2.75, 3.05) is 12.3 Å². The van der Waals surface area contributed by atoms with Gasteiger partial charge in [-0.05, 0) is 24.2 Å². The van der Waals surface area contributed by atoms with Gasteiger partial charge in [0, 0.05) is 24.0 Å². The van der Waals surface area contributed by atoms with E-state index in [0.717, 1.165) is 30.0 Å². The molecule has 0 spiro atoms. The summed E-state index contributed by atoms with van der Waals surface area (Å²) in [6, 6.07) is 12.0. The van der Waals surface area contributed by atoms with Crippen LogP contribution in [0.15, 0.2) is 42.6 Å². The molecular weight excluding hydrogens is 210 g/mol. The highest BCUT2D eigenvalue weighted by Gasteiger charge is 2.05. The maximum Gasteiger partial charge on any atom is 0.0725 e. The summed E-state index contributed by atoms with van der Waals surface area (Å²) in [6.45, 7) is 3.91. The summed E-state index contributed by atoms with van der Waals surface area (Å²) in [5.74, 6) is 0. The zero-order valence-corrected chi connectivity index (χ0v) is 9.98. The van der Waals surface area contributed by atoms with E-state index in [1.54, 1.807) is 12.3 Å². The molecule has 0 aliphatic carbocycles. The highest BCUT2D eigenvalue weighted by atomic mass is 14.8. The molecule has 3 N–H and O–H groups in total. The Labute approximate surface area is 102 Å². The fourth-order valence-electron chi connectivity index (χ4n) is 1.78. The topological polar surface area (TPSA) is 50.9 Å². The molecule has 0 amide bonds. The Balaban J connectivity index is 2.37. The number of anilines is 1. The van der Waals surface area contributed by atoms with Crippen LogP contribution in [0, 0.1) is 0 Å². The summed E-state index contributed by atoms with van der Waals surface area (Å²) >= 11 is 0. The second-order valence-corrected chi connectivity index (χ2v) is 3.91. The van der Waals surface area contributed by atoms with Crippen LogP contribution in [0.5, 0.6) is 0 Å². The Kier molecular flexibility index (Phi) is 3.73. The Morgan fingerprint density at radius 1 is 1.24 bits per heavy atom. The SMILES string of the molecule is CCNCc1ccccc1-c1cc(N)ccn1. The normalized spacial score (nSPS) is 10.4. The predicted molar refractivity (Wildman–Crippen MR) is 71.5 cm³/mol. The summed E-state index contributed by atoms with van der Waals surface area (Å²) in [4.78, 5) is 4.37. The Hall–Kier alpha value is -1.87. The summed E-state index contributed by atoms with van der Waals surface area (Å²) < 4.78 is 0. The third-order valence-electron chi connectivity index (χ3n) is 2.64. The third kappa shape index (κ3) is 2.82. The van der Waals surface area contributed by atoms with E-state index in [4.69, 9.17) is 5.73 Å². The van der Waals surface area contributed by atoms with Crippen LogP contribution in [0.1, 0.15) is 12.5 Å². The number of rotatable bonds is 4. The molecule has 0 saturated heterocycles. The third-order valence-corrected chi connectivity index (χ3v) is 2.64. The predicted octanol–water partition coefficient (Wildman–Crippen LogP) is 2.44. The lowest BCUT2D eigenvalue weighted by molar-refractivity contribution is 0.727. The fourth-order valence-corrected chi connectivity index (χ4v) is 1.78. The number of benzene rings is 1. The maximum absolute atomic E-state index is 5.79. The number of nitrogens with two attached hydrogens (primary N) is 1. The van der Waals surface area contributed by atoms with Gasteiger partial charge < -0.3 is 11.1 Å². The largest absolute Gasteiger partial charge is 0.399 e. The summed E-state index contributed by atoms with van der Waals surface area (Å²) in [6.07, 6.45) is 1.74. The van der Waals surface area contributed by atoms with Crippen LogP contribution < -0.4 is 11.1 Å². The molecule has 0 radical (unpaired) electrons. The van der Waals surface area contributed by atoms with Crippen molar-refractivity contribution in [1.82, 2.24) is 10.3 Å². The van der Waals surface area contributed by atoms with E-state index in [1.807, 2.05) is 18.2 Å². The first-order valence-electron chi connectivity index (χ1n) is 5.81. The maximum atomic E-state index is 5.79. The molecule has 0 aliphatic rings. The van der Waals surface area contributed by atoms with Crippen molar-refractivity contribution >= 4 is 5.69 Å². The van der Waals surface area contributed by atoms with Crippen LogP contribution in [0.4, 0.5) is 5.69 Å². The van der Waals surface area contributed by atoms with E-state index in [-0.39, 0.29) is 0 Å². The van der Waals surface area contributed by atoms with Crippen molar-refractivity contribution in [2.24, 2.45) is 0 Å². The van der Waals surface area contributed by atoms with Crippen LogP contribution in [-0.2, 0) is 6.54 Å². The Morgan fingerprint density at radius 2 is 2.06 bits per heavy atom. The van der Waals surface area contributed by atoms with Gasteiger partial charge in [-0.15, -0.1) is 0 Å². The summed E-state index contributed by atoms with van der Waals surface area (Å²) in [5.41, 5.74) is 9.85. The molecule has 2 aromatic rings. The highest BCUT2D eigenvalue weighted by Crippen LogP contribution is 2.22. The molecule has 0 aliphatic heterocycles. The van der Waals surface area contributed by atoms with Gasteiger partial charge in [-0.2, -0.15) is 0 Å². The number of pyridine rings is 1. The highest BCUT2D eigenvalue weighted by molar-refractivity contribution is 5.66. The zero-order valence-electron chi connectivity index (χ0n) is 9.98. The van der Waals surface area contributed by atoms with Crippen molar-refractivity contribution in [2.45, 2.75) is 13.5 Å². The van der Waals surface area contributed by atoms with Gasteiger partial charge in [-0.1, -0.05) is 31.2 Å². The quantitative estimate of drug-likeness (QED) is 0.843. The average Bonchev–Trinajstić information content (AvgIpc) is 2.37. The van der Waals surface area contributed by atoms with E-state index in [9.17, 15) is 0 Å². The van der Waals surface area contributed by atoms with Gasteiger partial charge in [-0.25, -0.2) is 0 Å². The van der Waals surface area contributed by atoms with Crippen LogP contribution in [0.2, 0.25) is 0 Å². The van der Waals surface area contributed by atoms with Crippen LogP contribution in [0.3, 0.4) is 0 Å². The molecule has 0 atom stereocenters. The number of hydrogen-bond acceptors (Lipinski definition) is 3. The number of nitrogens with one attached hydrogen (secondary N) is 1. The van der Waals surface area contributed by atoms with E-state index in [0.29, 0.717) is 0 Å². The van der Waals surface area contributed by atoms with Crippen LogP contribution in [-0.4, -0.2) is 11.5 Å². The van der Waals surface area contributed by atoms with Gasteiger partial charge >= 0.3 is 0 Å². The molecule has 0 bridgehead atoms. The molecule has 17 heavy (non-hydrogen) atoms. The lowest BCUT2D eigenvalue weighted by Crippen LogP contribution is -2.12. The molecule has 0 unspecified atom stereocenters. The minimum absolute atomic E-state index is 0.744. The number of hydrogen-bond donors (Lipinski definition) is 2. The first kappa shape index (κ1) is 11.6. The smallest absolute Gasteiger partial charge is 0.0725 e. The summed E-state index contributed by atoms with van der Waals surface area (Å²) in [7, 11) is 0. The standard InChI is InChI=1S/C14H17N3/c1-2-16-10-11-5-3-4-6-13(11)14-9-12(15)7-8-17-14/h3-9,16H,2,10H2,1H3,(H2,15,17). The van der Waals surface area contributed by atoms with E-state index < -0.39 is 0 Å². The first-order valence-corrected chi connectivity index (χ1v) is 5.81. The van der Waals surface area contributed by atoms with Crippen molar-refractivity contribution in [3.63, 3.8) is 0 Å². The molecule has 3 heteroatoms. The van der Waals surface area contributed by atoms with Crippen LogP contribution >= 0.6 is 0 Å². The molecule has 3 nitrogen and oxygen atoms in total. The van der Waals surface area contributed by atoms with Gasteiger partial charge in [0.15, 0.2) is 0 Å². The molecule has 1 aromatic carbocycles. The zero-order chi connectivity index (χ0) is 12.1. The summed E-state index contributed by atoms with van der Waals surface area (Å²) in [5, 5.41) is 3.33. The van der Waals surface area contributed by atoms with E-state index >= 15 is 0 Å². The van der Waals surface area contributed by atoms with E-state index in [2.05, 4.69) is 29.4 Å². The number of aromatic nitrogens is 1. The van der Waals surface area contributed by atoms with Gasteiger partial charge in [0.05, 0.1) is 5.69 Å². The van der Waals surface area contributed by atoms with Gasteiger partial charge in [-0.3, -0.25) is 4.98 Å². The first-order chi connectivity index (χ1) is 8.31. The monoisotopic (exact) mass is 227 g/mol. The number of nitrogen functional groups attached to an aromatic ring is 1. The number of nitrogens with zero attached hydrogens (tertiary/aromatic N) is 1. The second-order valence-electron chi connectivity index (χ2n) is 3.91. The van der Waals surface area contributed by atoms with Crippen molar-refractivity contribution in [3.05, 3.63) is 48.2 Å². The lowest BCUT2D eigenvalue weighted by Gasteiger charge is -2.09. The average molecular weight is 227 g/mol. The minimum Gasteiger partial charge on any atom is -0.399 e. The molecule has 0 fully saturated rings. The fraction of sp³-hybridized carbons (Fsp3) is 0.214.